The number of nitrogens with zero attached hydrogens (tertiary/aromatic N) is 2. The molecule has 10 aromatic carbocycles. The molecule has 0 aliphatic carbocycles. The number of fused-ring (bicyclic) bond motifs is 9. The quantitative estimate of drug-likeness (QED) is 0.0353. The molecule has 0 saturated heterocycles. The molecule has 0 spiro atoms. The molecular formula is C116H133Br2N3O10S4. The Balaban J connectivity index is 0.000000215. The SMILES string of the molecule is C.C.C=O.CC(C)(C)c1ccc2[nH]c3ccc(C(C)(C)C)cc3c2c1.CC(C)(C)c1ccc2c(c1)c1cc(C(C)(C)C)ccc1n2-c1scc(-c2ccccc2OCCCCOc2ccccc2-c2csc(-n3c4ccc(C(C)(C)C)cc4c4cc(C(C)(C)C)ccc43)c2O)c1O.CCOCOc1c(-c2ccccc2OCCCCOc2ccccc2-c2csc(Br)c2OCC)csc1Br. The highest BCUT2D eigenvalue weighted by Gasteiger charge is 2.30. The molecule has 0 fully saturated rings. The van der Waals surface area contributed by atoms with Crippen molar-refractivity contribution in [1.82, 2.24) is 14.1 Å². The number of benzene rings is 10. The first-order chi connectivity index (χ1) is 63.4. The Kier molecular flexibility index (Phi) is 33.2. The van der Waals surface area contributed by atoms with Gasteiger partial charge in [-0.05, 0) is 234 Å². The first kappa shape index (κ1) is 103. The molecule has 135 heavy (non-hydrogen) atoms. The smallest absolute Gasteiger partial charge is 0.189 e. The van der Waals surface area contributed by atoms with Crippen LogP contribution in [0.3, 0.4) is 0 Å². The average molecular weight is 2020 g/mol. The van der Waals surface area contributed by atoms with Crippen LogP contribution in [0.15, 0.2) is 235 Å². The van der Waals surface area contributed by atoms with Gasteiger partial charge in [-0.3, -0.25) is 9.13 Å². The third-order valence-electron chi connectivity index (χ3n) is 24.2. The fourth-order valence-electron chi connectivity index (χ4n) is 16.6. The van der Waals surface area contributed by atoms with E-state index in [2.05, 4.69) is 303 Å². The highest BCUT2D eigenvalue weighted by Crippen LogP contribution is 2.52. The van der Waals surface area contributed by atoms with E-state index in [9.17, 15) is 10.2 Å². The maximum Gasteiger partial charge on any atom is 0.189 e. The molecule has 0 amide bonds. The molecule has 0 bridgehead atoms. The molecule has 0 aliphatic rings. The summed E-state index contributed by atoms with van der Waals surface area (Å²) in [6.07, 6.45) is 3.27. The van der Waals surface area contributed by atoms with E-state index in [0.717, 1.165) is 144 Å². The third kappa shape index (κ3) is 23.0. The van der Waals surface area contributed by atoms with E-state index in [1.54, 1.807) is 45.3 Å². The van der Waals surface area contributed by atoms with Crippen molar-refractivity contribution in [3.63, 3.8) is 0 Å². The number of carbonyl (C=O) groups is 1. The largest absolute Gasteiger partial charge is 0.504 e. The highest BCUT2D eigenvalue weighted by molar-refractivity contribution is 9.11. The van der Waals surface area contributed by atoms with Crippen LogP contribution in [0.4, 0.5) is 0 Å². The lowest BCUT2D eigenvalue weighted by Gasteiger charge is -2.19. The van der Waals surface area contributed by atoms with Gasteiger partial charge in [0.15, 0.2) is 29.8 Å². The summed E-state index contributed by atoms with van der Waals surface area (Å²) in [4.78, 5) is 11.5. The van der Waals surface area contributed by atoms with Crippen LogP contribution in [0.25, 0.3) is 120 Å². The molecule has 7 aromatic heterocycles. The van der Waals surface area contributed by atoms with Gasteiger partial charge >= 0.3 is 0 Å². The molecule has 710 valence electrons. The fraction of sp³-hybridized carbons (Fsp3) is 0.336. The van der Waals surface area contributed by atoms with Crippen LogP contribution in [0, 0.1) is 0 Å². The predicted molar refractivity (Wildman–Crippen MR) is 584 cm³/mol. The van der Waals surface area contributed by atoms with Gasteiger partial charge in [-0.25, -0.2) is 0 Å². The fourth-order valence-corrected chi connectivity index (χ4v) is 21.2. The second-order valence-corrected chi connectivity index (χ2v) is 45.9. The number of unbranched alkanes of at least 4 members (excludes halogenated alkanes) is 2. The van der Waals surface area contributed by atoms with Gasteiger partial charge in [-0.15, -0.1) is 45.3 Å². The number of thiophene rings is 4. The first-order valence-electron chi connectivity index (χ1n) is 45.8. The van der Waals surface area contributed by atoms with Crippen LogP contribution < -0.4 is 28.4 Å². The van der Waals surface area contributed by atoms with E-state index < -0.39 is 0 Å². The molecule has 19 heteroatoms. The third-order valence-corrected chi connectivity index (χ3v) is 29.5. The highest BCUT2D eigenvalue weighted by atomic mass is 79.9. The van der Waals surface area contributed by atoms with Gasteiger partial charge in [0.25, 0.3) is 0 Å². The van der Waals surface area contributed by atoms with Crippen LogP contribution in [0.1, 0.15) is 212 Å². The Labute approximate surface area is 832 Å². The number of rotatable bonds is 26. The molecule has 0 aliphatic heterocycles. The number of carbonyl (C=O) groups excluding carboxylic acids is 1. The summed E-state index contributed by atoms with van der Waals surface area (Å²) < 4.78 is 48.8. The topological polar surface area (TPSA) is 148 Å². The monoisotopic (exact) mass is 2010 g/mol. The van der Waals surface area contributed by atoms with Gasteiger partial charge in [0, 0.05) is 116 Å². The van der Waals surface area contributed by atoms with E-state index in [1.807, 2.05) is 116 Å². The van der Waals surface area contributed by atoms with Gasteiger partial charge in [0.05, 0.1) is 55.1 Å². The second kappa shape index (κ2) is 43.4. The lowest BCUT2D eigenvalue weighted by atomic mass is 9.85. The summed E-state index contributed by atoms with van der Waals surface area (Å²) in [6, 6.07) is 72.8. The van der Waals surface area contributed by atoms with E-state index in [1.165, 1.54) is 76.7 Å². The number of halogens is 2. The number of hydrogen-bond donors (Lipinski definition) is 3. The van der Waals surface area contributed by atoms with Crippen molar-refractivity contribution in [2.24, 2.45) is 0 Å². The Morgan fingerprint density at radius 3 is 0.859 bits per heavy atom. The summed E-state index contributed by atoms with van der Waals surface area (Å²) in [6.45, 7) is 50.2. The number of ether oxygens (including phenoxy) is 7. The zero-order chi connectivity index (χ0) is 95.2. The number of aromatic nitrogens is 3. The minimum Gasteiger partial charge on any atom is -0.504 e. The predicted octanol–water partition coefficient (Wildman–Crippen LogP) is 34.9. The Hall–Kier alpha value is -10.6. The number of hydrogen-bond acceptors (Lipinski definition) is 14. The molecule has 17 rings (SSSR count). The summed E-state index contributed by atoms with van der Waals surface area (Å²) in [5.74, 6) is 5.26. The molecule has 0 atom stereocenters. The summed E-state index contributed by atoms with van der Waals surface area (Å²) in [5.41, 5.74) is 22.3. The van der Waals surface area contributed by atoms with E-state index in [4.69, 9.17) is 38.0 Å². The van der Waals surface area contributed by atoms with Gasteiger partial charge in [-0.2, -0.15) is 0 Å². The molecule has 0 saturated carbocycles. The van der Waals surface area contributed by atoms with Crippen LogP contribution in [-0.2, 0) is 42.0 Å². The van der Waals surface area contributed by atoms with Gasteiger partial charge < -0.3 is 53.1 Å². The maximum atomic E-state index is 12.1. The van der Waals surface area contributed by atoms with Crippen molar-refractivity contribution in [1.29, 1.82) is 0 Å². The second-order valence-electron chi connectivity index (χ2n) is 39.8. The van der Waals surface area contributed by atoms with Gasteiger partial charge in [0.2, 0.25) is 0 Å². The minimum absolute atomic E-state index is 0. The first-order valence-corrected chi connectivity index (χ1v) is 50.9. The average Bonchev–Trinajstić information content (AvgIpc) is 1.58. The maximum absolute atomic E-state index is 12.1. The summed E-state index contributed by atoms with van der Waals surface area (Å²) in [7, 11) is 0. The number of nitrogens with one attached hydrogen (secondary N) is 1. The van der Waals surface area contributed by atoms with Crippen LogP contribution in [0.2, 0.25) is 0 Å². The Morgan fingerprint density at radius 1 is 0.319 bits per heavy atom. The van der Waals surface area contributed by atoms with Gasteiger partial charge in [0.1, 0.15) is 47.4 Å². The van der Waals surface area contributed by atoms with Crippen LogP contribution in [0.5, 0.6) is 46.0 Å². The number of H-pyrrole nitrogens is 1. The van der Waals surface area contributed by atoms with Crippen molar-refractivity contribution in [2.45, 2.75) is 212 Å². The van der Waals surface area contributed by atoms with Crippen LogP contribution in [-0.4, -0.2) is 77.6 Å². The standard InChI is InChI=1S/C64H68N2O4S2.C29H30Br2O5S2.C20H25N.CH2O.2CH4/c1-61(2,3)39-23-27-51-45(33-39)46-34-40(62(4,5)6)24-28-52(46)65(51)59-57(67)49(37-71-59)43-19-13-15-21-55(43)69-31-17-18-32-70-56-22-16-14-20-44(56)50-38-72-60(58(50)68)66-53-29-25-41(63(7,8)9)35-47(53)48-36-42(64(10,11)12)26-30-54(48)66;1-3-32-19-36-27-23(18-38-29(27)31)21-12-6-8-14-25(21)35-16-10-9-15-34-24-13-7-5-11-20(24)22-17-37-28(30)26(22)33-4-2;1-19(2,3)13-7-9-17-15(11-13)16-12-14(20(4,5)6)8-10-18(16)21-17;1-2;;/h13-16,19-30,33-38,67-68H,17-18,31-32H2,1-12H3;5-8,11-14,17-18H,3-4,9-10,15-16,19H2,1-2H3;7-12,21H,1-6H3;1H2;2*1H4. The molecule has 7 heterocycles. The van der Waals surface area contributed by atoms with Crippen molar-refractivity contribution >= 4 is 149 Å². The number of aromatic amines is 1. The van der Waals surface area contributed by atoms with E-state index in [0.29, 0.717) is 39.6 Å². The molecule has 3 N–H and O–H groups in total. The van der Waals surface area contributed by atoms with Gasteiger partial charge in [-0.1, -0.05) is 249 Å². The normalized spacial score (nSPS) is 12.0. The molecule has 0 radical (unpaired) electrons. The van der Waals surface area contributed by atoms with Crippen LogP contribution >= 0.6 is 77.2 Å². The van der Waals surface area contributed by atoms with Crippen molar-refractivity contribution in [3.8, 4) is 101 Å². The Bertz CT molecular complexity index is 6500. The van der Waals surface area contributed by atoms with Crippen molar-refractivity contribution in [3.05, 3.63) is 269 Å². The summed E-state index contributed by atoms with van der Waals surface area (Å²) >= 11 is 13.5. The summed E-state index contributed by atoms with van der Waals surface area (Å²) in [5, 5.41) is 41.5. The molecule has 0 unspecified atom stereocenters. The van der Waals surface area contributed by atoms with E-state index in [-0.39, 0.29) is 65.6 Å². The van der Waals surface area contributed by atoms with Crippen molar-refractivity contribution in [2.75, 3.05) is 46.4 Å². The zero-order valence-electron chi connectivity index (χ0n) is 80.4. The minimum atomic E-state index is -0.00329. The molecule has 17 aromatic rings. The number of para-hydroxylation sites is 4. The zero-order valence-corrected chi connectivity index (χ0v) is 86.8. The Morgan fingerprint density at radius 2 is 0.578 bits per heavy atom. The van der Waals surface area contributed by atoms with E-state index >= 15 is 0 Å². The molecular weight excluding hydrogens is 1880 g/mol. The lowest BCUT2D eigenvalue weighted by molar-refractivity contribution is -0.0980. The van der Waals surface area contributed by atoms with Crippen molar-refractivity contribution < 1.29 is 48.2 Å². The number of aromatic hydroxyl groups is 2. The molecule has 13 nitrogen and oxygen atoms in total. The lowest BCUT2D eigenvalue weighted by Crippen LogP contribution is -2.10.